The van der Waals surface area contributed by atoms with Crippen LogP contribution in [0.3, 0.4) is 0 Å². The standard InChI is InChI=1S/C20H15N3O3/c1-23-15-5-3-2-4-13(15)18-17(20(23)25)16(14(10-21)19(22)26-18)11-6-8-12(24)9-7-11/h2-9,16,24H,22H2,1H3/t16-/m1/s1. The lowest BCUT2D eigenvalue weighted by Crippen LogP contribution is -2.31. The van der Waals surface area contributed by atoms with Gasteiger partial charge in [0.25, 0.3) is 5.56 Å². The molecule has 0 amide bonds. The van der Waals surface area contributed by atoms with Crippen LogP contribution in [-0.2, 0) is 7.05 Å². The predicted molar refractivity (Wildman–Crippen MR) is 96.6 cm³/mol. The number of pyridine rings is 1. The molecule has 0 radical (unpaired) electrons. The van der Waals surface area contributed by atoms with Gasteiger partial charge in [0.2, 0.25) is 5.88 Å². The average Bonchev–Trinajstić information content (AvgIpc) is 2.66. The van der Waals surface area contributed by atoms with Gasteiger partial charge in [0, 0.05) is 12.4 Å². The zero-order valence-electron chi connectivity index (χ0n) is 13.9. The Morgan fingerprint density at radius 3 is 2.58 bits per heavy atom. The van der Waals surface area contributed by atoms with Crippen molar-refractivity contribution in [2.24, 2.45) is 12.8 Å². The van der Waals surface area contributed by atoms with Crippen molar-refractivity contribution in [3.05, 3.63) is 81.5 Å². The number of aryl methyl sites for hydroxylation is 1. The Morgan fingerprint density at radius 2 is 1.88 bits per heavy atom. The first-order valence-electron chi connectivity index (χ1n) is 8.01. The minimum absolute atomic E-state index is 0.0171. The summed E-state index contributed by atoms with van der Waals surface area (Å²) < 4.78 is 7.28. The van der Waals surface area contributed by atoms with E-state index < -0.39 is 5.92 Å². The van der Waals surface area contributed by atoms with Crippen molar-refractivity contribution in [3.63, 3.8) is 0 Å². The number of phenolic OH excluding ortho intramolecular Hbond substituents is 1. The van der Waals surface area contributed by atoms with E-state index in [0.29, 0.717) is 22.4 Å². The summed E-state index contributed by atoms with van der Waals surface area (Å²) in [5.74, 6) is -0.203. The normalized spacial score (nSPS) is 16.1. The fraction of sp³-hybridized carbons (Fsp3) is 0.100. The molecular formula is C20H15N3O3. The number of nitrogens with two attached hydrogens (primary N) is 1. The van der Waals surface area contributed by atoms with E-state index in [1.165, 1.54) is 12.1 Å². The first kappa shape index (κ1) is 15.8. The van der Waals surface area contributed by atoms with Crippen LogP contribution in [0.1, 0.15) is 17.0 Å². The van der Waals surface area contributed by atoms with Gasteiger partial charge in [0.1, 0.15) is 23.1 Å². The molecule has 1 aromatic heterocycles. The van der Waals surface area contributed by atoms with Crippen molar-refractivity contribution >= 4 is 10.9 Å². The molecule has 0 aliphatic carbocycles. The quantitative estimate of drug-likeness (QED) is 0.705. The Kier molecular flexibility index (Phi) is 3.44. The van der Waals surface area contributed by atoms with Crippen molar-refractivity contribution in [2.75, 3.05) is 0 Å². The van der Waals surface area contributed by atoms with E-state index in [2.05, 4.69) is 6.07 Å². The molecule has 0 fully saturated rings. The van der Waals surface area contributed by atoms with Crippen LogP contribution in [0, 0.1) is 11.3 Å². The van der Waals surface area contributed by atoms with Gasteiger partial charge < -0.3 is 20.1 Å². The molecule has 0 saturated heterocycles. The van der Waals surface area contributed by atoms with Gasteiger partial charge in [-0.25, -0.2) is 0 Å². The zero-order valence-corrected chi connectivity index (χ0v) is 13.9. The molecule has 128 valence electrons. The van der Waals surface area contributed by atoms with Crippen LogP contribution in [-0.4, -0.2) is 9.67 Å². The fourth-order valence-electron chi connectivity index (χ4n) is 3.43. The second kappa shape index (κ2) is 5.67. The zero-order chi connectivity index (χ0) is 18.4. The molecule has 1 aliphatic heterocycles. The van der Waals surface area contributed by atoms with E-state index in [0.717, 1.165) is 5.39 Å². The van der Waals surface area contributed by atoms with Gasteiger partial charge in [-0.1, -0.05) is 24.3 Å². The molecule has 2 aromatic carbocycles. The number of hydrogen-bond acceptors (Lipinski definition) is 5. The first-order chi connectivity index (χ1) is 12.5. The molecule has 3 N–H and O–H groups in total. The SMILES string of the molecule is Cn1c(=O)c2c(c3ccccc31)OC(N)=C(C#N)[C@H]2c1ccc(O)cc1. The third-order valence-electron chi connectivity index (χ3n) is 4.69. The monoisotopic (exact) mass is 345 g/mol. The molecule has 4 rings (SSSR count). The highest BCUT2D eigenvalue weighted by atomic mass is 16.5. The van der Waals surface area contributed by atoms with Gasteiger partial charge in [-0.2, -0.15) is 5.26 Å². The number of aromatic nitrogens is 1. The first-order valence-corrected chi connectivity index (χ1v) is 8.01. The molecule has 1 atom stereocenters. The second-order valence-electron chi connectivity index (χ2n) is 6.14. The third-order valence-corrected chi connectivity index (χ3v) is 4.69. The van der Waals surface area contributed by atoms with Gasteiger partial charge in [0.05, 0.1) is 17.0 Å². The lowest BCUT2D eigenvalue weighted by atomic mass is 9.83. The van der Waals surface area contributed by atoms with Crippen LogP contribution >= 0.6 is 0 Å². The van der Waals surface area contributed by atoms with Crippen LogP contribution < -0.4 is 16.0 Å². The van der Waals surface area contributed by atoms with Gasteiger partial charge in [-0.15, -0.1) is 0 Å². The number of nitriles is 1. The molecule has 0 bridgehead atoms. The van der Waals surface area contributed by atoms with E-state index in [4.69, 9.17) is 10.5 Å². The summed E-state index contributed by atoms with van der Waals surface area (Å²) >= 11 is 0. The lowest BCUT2D eigenvalue weighted by molar-refractivity contribution is 0.396. The van der Waals surface area contributed by atoms with Gasteiger partial charge in [0.15, 0.2) is 0 Å². The summed E-state index contributed by atoms with van der Waals surface area (Å²) in [4.78, 5) is 13.1. The summed E-state index contributed by atoms with van der Waals surface area (Å²) in [5.41, 5.74) is 7.70. The summed E-state index contributed by atoms with van der Waals surface area (Å²) in [6, 6.07) is 15.8. The molecule has 0 unspecified atom stereocenters. The Hall–Kier alpha value is -3.72. The number of ether oxygens (including phenoxy) is 1. The topological polar surface area (TPSA) is 101 Å². The Balaban J connectivity index is 2.12. The molecule has 2 heterocycles. The third kappa shape index (κ3) is 2.15. The molecule has 0 spiro atoms. The van der Waals surface area contributed by atoms with Crippen molar-refractivity contribution in [1.82, 2.24) is 4.57 Å². The summed E-state index contributed by atoms with van der Waals surface area (Å²) in [6.45, 7) is 0. The van der Waals surface area contributed by atoms with E-state index in [1.54, 1.807) is 23.7 Å². The highest BCUT2D eigenvalue weighted by Gasteiger charge is 2.35. The number of para-hydroxylation sites is 1. The van der Waals surface area contributed by atoms with Crippen molar-refractivity contribution < 1.29 is 9.84 Å². The van der Waals surface area contributed by atoms with Crippen LogP contribution in [0.15, 0.2) is 64.8 Å². The molecule has 1 aliphatic rings. The molecule has 0 saturated carbocycles. The number of nitrogens with zero attached hydrogens (tertiary/aromatic N) is 2. The van der Waals surface area contributed by atoms with Gasteiger partial charge in [-0.05, 0) is 29.8 Å². The largest absolute Gasteiger partial charge is 0.508 e. The molecule has 6 heteroatoms. The van der Waals surface area contributed by atoms with Crippen LogP contribution in [0.4, 0.5) is 0 Å². The maximum atomic E-state index is 13.1. The Labute approximate surface area is 149 Å². The summed E-state index contributed by atoms with van der Waals surface area (Å²) in [6.07, 6.45) is 0. The smallest absolute Gasteiger partial charge is 0.258 e. The summed E-state index contributed by atoms with van der Waals surface area (Å²) in [5, 5.41) is 19.9. The minimum atomic E-state index is -0.660. The molecule has 6 nitrogen and oxygen atoms in total. The average molecular weight is 345 g/mol. The van der Waals surface area contributed by atoms with Crippen molar-refractivity contribution in [2.45, 2.75) is 5.92 Å². The minimum Gasteiger partial charge on any atom is -0.508 e. The molecule has 3 aromatic rings. The van der Waals surface area contributed by atoms with Crippen LogP contribution in [0.5, 0.6) is 11.5 Å². The number of fused-ring (bicyclic) bond motifs is 3. The number of phenols is 1. The van der Waals surface area contributed by atoms with Crippen LogP contribution in [0.25, 0.3) is 10.9 Å². The highest BCUT2D eigenvalue weighted by molar-refractivity contribution is 5.88. The van der Waals surface area contributed by atoms with E-state index in [9.17, 15) is 15.2 Å². The number of benzene rings is 2. The number of rotatable bonds is 1. The maximum Gasteiger partial charge on any atom is 0.258 e. The van der Waals surface area contributed by atoms with E-state index >= 15 is 0 Å². The van der Waals surface area contributed by atoms with Crippen molar-refractivity contribution in [3.8, 4) is 17.6 Å². The number of hydrogen-bond donors (Lipinski definition) is 2. The molecular weight excluding hydrogens is 330 g/mol. The second-order valence-corrected chi connectivity index (χ2v) is 6.14. The van der Waals surface area contributed by atoms with Gasteiger partial charge in [-0.3, -0.25) is 4.79 Å². The molecule has 26 heavy (non-hydrogen) atoms. The highest BCUT2D eigenvalue weighted by Crippen LogP contribution is 2.43. The van der Waals surface area contributed by atoms with Crippen LogP contribution in [0.2, 0.25) is 0 Å². The lowest BCUT2D eigenvalue weighted by Gasteiger charge is -2.27. The number of allylic oxidation sites excluding steroid dienone is 1. The summed E-state index contributed by atoms with van der Waals surface area (Å²) in [7, 11) is 1.69. The fourth-order valence-corrected chi connectivity index (χ4v) is 3.43. The predicted octanol–water partition coefficient (Wildman–Crippen LogP) is 2.46. The Morgan fingerprint density at radius 1 is 1.19 bits per heavy atom. The maximum absolute atomic E-state index is 13.1. The van der Waals surface area contributed by atoms with E-state index in [1.807, 2.05) is 24.3 Å². The van der Waals surface area contributed by atoms with E-state index in [-0.39, 0.29) is 22.8 Å². The van der Waals surface area contributed by atoms with Gasteiger partial charge >= 0.3 is 0 Å². The van der Waals surface area contributed by atoms with Crippen molar-refractivity contribution in [1.29, 1.82) is 5.26 Å². The number of aromatic hydroxyl groups is 1. The Bertz CT molecular complexity index is 1170.